The van der Waals surface area contributed by atoms with Crippen molar-refractivity contribution in [3.8, 4) is 0 Å². The fourth-order valence-electron chi connectivity index (χ4n) is 3.02. The standard InChI is InChI=1S/C17H21N3/c1-13-6-5-10-19-17(13)20-11-9-15(18)12-16(20)14-7-3-2-4-8-14/h2-8,10,15-16H,9,11-12,18H2,1H3. The topological polar surface area (TPSA) is 42.2 Å². The average Bonchev–Trinajstić information content (AvgIpc) is 2.49. The summed E-state index contributed by atoms with van der Waals surface area (Å²) >= 11 is 0. The number of rotatable bonds is 2. The molecule has 1 aromatic heterocycles. The van der Waals surface area contributed by atoms with Gasteiger partial charge in [-0.05, 0) is 37.0 Å². The van der Waals surface area contributed by atoms with Crippen LogP contribution in [0.5, 0.6) is 0 Å². The molecule has 2 unspecified atom stereocenters. The van der Waals surface area contributed by atoms with Crippen LogP contribution in [0.3, 0.4) is 0 Å². The first-order chi connectivity index (χ1) is 9.75. The maximum atomic E-state index is 6.19. The zero-order valence-corrected chi connectivity index (χ0v) is 11.9. The molecule has 1 aromatic carbocycles. The van der Waals surface area contributed by atoms with E-state index in [1.54, 1.807) is 0 Å². The number of nitrogens with two attached hydrogens (primary N) is 1. The Morgan fingerprint density at radius 3 is 2.70 bits per heavy atom. The fourth-order valence-corrected chi connectivity index (χ4v) is 3.02. The molecule has 1 fully saturated rings. The van der Waals surface area contributed by atoms with Crippen molar-refractivity contribution in [1.82, 2.24) is 4.98 Å². The van der Waals surface area contributed by atoms with Crippen molar-refractivity contribution in [2.75, 3.05) is 11.4 Å². The first kappa shape index (κ1) is 13.1. The maximum Gasteiger partial charge on any atom is 0.131 e. The number of pyridine rings is 1. The van der Waals surface area contributed by atoms with Crippen molar-refractivity contribution >= 4 is 5.82 Å². The molecule has 3 nitrogen and oxygen atoms in total. The monoisotopic (exact) mass is 267 g/mol. The number of benzene rings is 1. The van der Waals surface area contributed by atoms with Crippen molar-refractivity contribution < 1.29 is 0 Å². The molecule has 0 saturated carbocycles. The lowest BCUT2D eigenvalue weighted by Gasteiger charge is -2.40. The smallest absolute Gasteiger partial charge is 0.131 e. The van der Waals surface area contributed by atoms with Gasteiger partial charge in [0.05, 0.1) is 6.04 Å². The molecule has 0 radical (unpaired) electrons. The van der Waals surface area contributed by atoms with Gasteiger partial charge in [0, 0.05) is 18.8 Å². The molecule has 2 heterocycles. The number of nitrogens with zero attached hydrogens (tertiary/aromatic N) is 2. The summed E-state index contributed by atoms with van der Waals surface area (Å²) in [6, 6.07) is 15.3. The largest absolute Gasteiger partial charge is 0.349 e. The second-order valence-electron chi connectivity index (χ2n) is 5.55. The predicted molar refractivity (Wildman–Crippen MR) is 82.7 cm³/mol. The van der Waals surface area contributed by atoms with Gasteiger partial charge in [0.15, 0.2) is 0 Å². The van der Waals surface area contributed by atoms with Gasteiger partial charge in [-0.15, -0.1) is 0 Å². The second kappa shape index (κ2) is 5.63. The van der Waals surface area contributed by atoms with Crippen LogP contribution in [0.25, 0.3) is 0 Å². The fraction of sp³-hybridized carbons (Fsp3) is 0.353. The van der Waals surface area contributed by atoms with Crippen molar-refractivity contribution in [3.63, 3.8) is 0 Å². The van der Waals surface area contributed by atoms with E-state index in [-0.39, 0.29) is 6.04 Å². The van der Waals surface area contributed by atoms with Crippen LogP contribution in [0.2, 0.25) is 0 Å². The van der Waals surface area contributed by atoms with Gasteiger partial charge < -0.3 is 10.6 Å². The van der Waals surface area contributed by atoms with Gasteiger partial charge in [-0.25, -0.2) is 4.98 Å². The second-order valence-corrected chi connectivity index (χ2v) is 5.55. The Hall–Kier alpha value is -1.87. The highest BCUT2D eigenvalue weighted by Crippen LogP contribution is 2.34. The Labute approximate surface area is 120 Å². The van der Waals surface area contributed by atoms with E-state index in [1.165, 1.54) is 11.1 Å². The summed E-state index contributed by atoms with van der Waals surface area (Å²) < 4.78 is 0. The van der Waals surface area contributed by atoms with E-state index in [2.05, 4.69) is 53.2 Å². The quantitative estimate of drug-likeness (QED) is 0.909. The summed E-state index contributed by atoms with van der Waals surface area (Å²) in [4.78, 5) is 7.00. The lowest BCUT2D eigenvalue weighted by Crippen LogP contribution is -2.42. The number of anilines is 1. The van der Waals surface area contributed by atoms with Crippen LogP contribution in [-0.2, 0) is 0 Å². The number of hydrogen-bond donors (Lipinski definition) is 1. The summed E-state index contributed by atoms with van der Waals surface area (Å²) in [5.74, 6) is 1.09. The highest BCUT2D eigenvalue weighted by Gasteiger charge is 2.29. The molecule has 1 aliphatic rings. The van der Waals surface area contributed by atoms with E-state index >= 15 is 0 Å². The lowest BCUT2D eigenvalue weighted by atomic mass is 9.92. The van der Waals surface area contributed by atoms with Gasteiger partial charge in [0.25, 0.3) is 0 Å². The Bertz CT molecular complexity index is 567. The molecule has 2 aromatic rings. The zero-order valence-electron chi connectivity index (χ0n) is 11.9. The molecule has 0 amide bonds. The van der Waals surface area contributed by atoms with Gasteiger partial charge in [-0.1, -0.05) is 36.4 Å². The molecule has 1 aliphatic heterocycles. The Morgan fingerprint density at radius 1 is 1.15 bits per heavy atom. The van der Waals surface area contributed by atoms with Crippen LogP contribution >= 0.6 is 0 Å². The van der Waals surface area contributed by atoms with Crippen LogP contribution in [0.1, 0.15) is 30.0 Å². The summed E-state index contributed by atoms with van der Waals surface area (Å²) in [5, 5.41) is 0. The number of aryl methyl sites for hydroxylation is 1. The van der Waals surface area contributed by atoms with E-state index in [1.807, 2.05) is 12.3 Å². The summed E-state index contributed by atoms with van der Waals surface area (Å²) in [5.41, 5.74) is 8.75. The third-order valence-corrected chi connectivity index (χ3v) is 4.08. The van der Waals surface area contributed by atoms with Crippen molar-refractivity contribution in [2.24, 2.45) is 5.73 Å². The van der Waals surface area contributed by atoms with E-state index in [4.69, 9.17) is 5.73 Å². The van der Waals surface area contributed by atoms with Gasteiger partial charge in [0.1, 0.15) is 5.82 Å². The van der Waals surface area contributed by atoms with Crippen molar-refractivity contribution in [2.45, 2.75) is 31.8 Å². The van der Waals surface area contributed by atoms with Gasteiger partial charge in [-0.3, -0.25) is 0 Å². The van der Waals surface area contributed by atoms with E-state index in [0.717, 1.165) is 25.2 Å². The minimum Gasteiger partial charge on any atom is -0.349 e. The summed E-state index contributed by atoms with van der Waals surface area (Å²) in [7, 11) is 0. The lowest BCUT2D eigenvalue weighted by molar-refractivity contribution is 0.416. The highest BCUT2D eigenvalue weighted by molar-refractivity contribution is 5.49. The highest BCUT2D eigenvalue weighted by atomic mass is 15.2. The van der Waals surface area contributed by atoms with Crippen LogP contribution in [0, 0.1) is 6.92 Å². The number of aromatic nitrogens is 1. The normalized spacial score (nSPS) is 22.8. The summed E-state index contributed by atoms with van der Waals surface area (Å²) in [6.07, 6.45) is 3.89. The van der Waals surface area contributed by atoms with E-state index in [0.29, 0.717) is 6.04 Å². The third-order valence-electron chi connectivity index (χ3n) is 4.08. The molecule has 104 valence electrons. The minimum absolute atomic E-state index is 0.278. The first-order valence-corrected chi connectivity index (χ1v) is 7.24. The molecule has 0 bridgehead atoms. The molecule has 1 saturated heterocycles. The van der Waals surface area contributed by atoms with Crippen LogP contribution in [0.15, 0.2) is 48.7 Å². The Balaban J connectivity index is 1.97. The van der Waals surface area contributed by atoms with Crippen LogP contribution in [0.4, 0.5) is 5.82 Å². The molecule has 20 heavy (non-hydrogen) atoms. The molecule has 3 heteroatoms. The molecule has 0 aliphatic carbocycles. The van der Waals surface area contributed by atoms with Crippen molar-refractivity contribution in [3.05, 3.63) is 59.8 Å². The van der Waals surface area contributed by atoms with Crippen molar-refractivity contribution in [1.29, 1.82) is 0 Å². The minimum atomic E-state index is 0.278. The maximum absolute atomic E-state index is 6.19. The van der Waals surface area contributed by atoms with Crippen LogP contribution in [-0.4, -0.2) is 17.6 Å². The predicted octanol–water partition coefficient (Wildman–Crippen LogP) is 3.06. The van der Waals surface area contributed by atoms with Gasteiger partial charge in [0.2, 0.25) is 0 Å². The van der Waals surface area contributed by atoms with Crippen LogP contribution < -0.4 is 10.6 Å². The molecular formula is C17H21N3. The molecule has 3 rings (SSSR count). The summed E-state index contributed by atoms with van der Waals surface area (Å²) in [6.45, 7) is 3.09. The third kappa shape index (κ3) is 2.54. The zero-order chi connectivity index (χ0) is 13.9. The Morgan fingerprint density at radius 2 is 1.95 bits per heavy atom. The molecule has 2 N–H and O–H groups in total. The average molecular weight is 267 g/mol. The number of hydrogen-bond acceptors (Lipinski definition) is 3. The Kier molecular flexibility index (Phi) is 3.70. The first-order valence-electron chi connectivity index (χ1n) is 7.24. The van der Waals surface area contributed by atoms with E-state index < -0.39 is 0 Å². The molecule has 2 atom stereocenters. The molecule has 0 spiro atoms. The van der Waals surface area contributed by atoms with Gasteiger partial charge >= 0.3 is 0 Å². The van der Waals surface area contributed by atoms with Gasteiger partial charge in [-0.2, -0.15) is 0 Å². The van der Waals surface area contributed by atoms with E-state index in [9.17, 15) is 0 Å². The SMILES string of the molecule is Cc1cccnc1N1CCC(N)CC1c1ccccc1. The number of piperidine rings is 1. The molecular weight excluding hydrogens is 246 g/mol.